The molecule has 0 amide bonds. The molecule has 13 heavy (non-hydrogen) atoms. The molecular weight excluding hydrogens is 182 g/mol. The smallest absolute Gasteiger partial charge is 0.0897 e. The maximum Gasteiger partial charge on any atom is 0.0897 e. The Morgan fingerprint density at radius 3 is 3.08 bits per heavy atom. The Hall–Kier alpha value is -0.670. The van der Waals surface area contributed by atoms with Crippen molar-refractivity contribution < 1.29 is 5.11 Å². The molecule has 0 aliphatic heterocycles. The van der Waals surface area contributed by atoms with Crippen molar-refractivity contribution in [2.75, 3.05) is 0 Å². The normalized spacial score (nSPS) is 22.0. The van der Waals surface area contributed by atoms with Crippen LogP contribution in [0.1, 0.15) is 23.5 Å². The van der Waals surface area contributed by atoms with Gasteiger partial charge in [-0.05, 0) is 19.8 Å². The van der Waals surface area contributed by atoms with E-state index >= 15 is 0 Å². The largest absolute Gasteiger partial charge is 0.389 e. The number of allylic oxidation sites excluding steroid dienone is 1. The number of hydrogen-bond acceptors (Lipinski definition) is 3. The lowest BCUT2D eigenvalue weighted by Crippen LogP contribution is -1.93. The number of aryl methyl sites for hydroxylation is 1. The number of nitrogens with zero attached hydrogens (tertiary/aromatic N) is 1. The van der Waals surface area contributed by atoms with Gasteiger partial charge < -0.3 is 5.11 Å². The molecule has 3 heteroatoms. The van der Waals surface area contributed by atoms with Crippen molar-refractivity contribution in [3.8, 4) is 0 Å². The van der Waals surface area contributed by atoms with Gasteiger partial charge in [0.2, 0.25) is 0 Å². The summed E-state index contributed by atoms with van der Waals surface area (Å²) in [6, 6.07) is 0. The summed E-state index contributed by atoms with van der Waals surface area (Å²) in [5.74, 6) is 0. The molecule has 70 valence electrons. The zero-order valence-corrected chi connectivity index (χ0v) is 8.47. The fourth-order valence-corrected chi connectivity index (χ4v) is 2.25. The molecule has 0 saturated heterocycles. The van der Waals surface area contributed by atoms with Crippen molar-refractivity contribution in [2.45, 2.75) is 32.3 Å². The topological polar surface area (TPSA) is 33.1 Å². The molecule has 0 fully saturated rings. The van der Waals surface area contributed by atoms with E-state index in [1.165, 1.54) is 5.57 Å². The molecule has 1 aliphatic carbocycles. The molecule has 2 rings (SSSR count). The molecule has 0 spiro atoms. The van der Waals surface area contributed by atoms with E-state index in [4.69, 9.17) is 0 Å². The third-order valence-electron chi connectivity index (χ3n) is 2.26. The summed E-state index contributed by atoms with van der Waals surface area (Å²) in [4.78, 5) is 4.40. The molecule has 2 nitrogen and oxygen atoms in total. The minimum atomic E-state index is -0.213. The molecule has 1 aliphatic rings. The van der Waals surface area contributed by atoms with Crippen molar-refractivity contribution in [1.29, 1.82) is 0 Å². The van der Waals surface area contributed by atoms with Crippen LogP contribution in [0.15, 0.2) is 17.0 Å². The predicted molar refractivity (Wildman–Crippen MR) is 53.9 cm³/mol. The Bertz CT molecular complexity index is 329. The zero-order valence-electron chi connectivity index (χ0n) is 7.66. The summed E-state index contributed by atoms with van der Waals surface area (Å²) in [5.41, 5.74) is 2.47. The first-order chi connectivity index (χ1) is 6.24. The standard InChI is InChI=1S/C10H13NOS/c1-7-11-9(6-13-7)4-8-2-3-10(12)5-8/h5-6,10,12H,2-4H2,1H3. The molecular formula is C10H13NOS. The number of aliphatic hydroxyl groups excluding tert-OH is 1. The molecule has 1 N–H and O–H groups in total. The van der Waals surface area contributed by atoms with Crippen LogP contribution in [-0.4, -0.2) is 16.2 Å². The highest BCUT2D eigenvalue weighted by Crippen LogP contribution is 2.22. The third-order valence-corrected chi connectivity index (χ3v) is 3.09. The SMILES string of the molecule is Cc1nc(CC2=CC(O)CC2)cs1. The molecule has 0 aromatic carbocycles. The van der Waals surface area contributed by atoms with Gasteiger partial charge in [-0.1, -0.05) is 11.6 Å². The first-order valence-corrected chi connectivity index (χ1v) is 5.40. The summed E-state index contributed by atoms with van der Waals surface area (Å²) < 4.78 is 0. The van der Waals surface area contributed by atoms with Crippen LogP contribution in [0.25, 0.3) is 0 Å². The van der Waals surface area contributed by atoms with E-state index in [1.807, 2.05) is 13.0 Å². The van der Waals surface area contributed by atoms with Crippen LogP contribution in [-0.2, 0) is 6.42 Å². The van der Waals surface area contributed by atoms with Crippen LogP contribution < -0.4 is 0 Å². The summed E-state index contributed by atoms with van der Waals surface area (Å²) in [6.07, 6.45) is 4.58. The molecule has 0 saturated carbocycles. The van der Waals surface area contributed by atoms with E-state index in [1.54, 1.807) is 11.3 Å². The Balaban J connectivity index is 2.02. The van der Waals surface area contributed by atoms with Gasteiger partial charge in [-0.25, -0.2) is 4.98 Å². The van der Waals surface area contributed by atoms with Crippen LogP contribution in [0, 0.1) is 6.92 Å². The summed E-state index contributed by atoms with van der Waals surface area (Å²) in [7, 11) is 0. The molecule has 1 heterocycles. The van der Waals surface area contributed by atoms with E-state index in [2.05, 4.69) is 10.4 Å². The van der Waals surface area contributed by atoms with E-state index in [0.29, 0.717) is 0 Å². The number of rotatable bonds is 2. The van der Waals surface area contributed by atoms with Crippen LogP contribution in [0.5, 0.6) is 0 Å². The van der Waals surface area contributed by atoms with Gasteiger partial charge in [0.15, 0.2) is 0 Å². The second-order valence-electron chi connectivity index (χ2n) is 3.47. The highest BCUT2D eigenvalue weighted by atomic mass is 32.1. The van der Waals surface area contributed by atoms with Crippen LogP contribution in [0.4, 0.5) is 0 Å². The molecule has 1 aromatic heterocycles. The van der Waals surface area contributed by atoms with Crippen molar-refractivity contribution in [2.24, 2.45) is 0 Å². The molecule has 1 atom stereocenters. The summed E-state index contributed by atoms with van der Waals surface area (Å²) in [5, 5.41) is 12.5. The van der Waals surface area contributed by atoms with Gasteiger partial charge in [-0.15, -0.1) is 11.3 Å². The molecule has 0 radical (unpaired) electrons. The van der Waals surface area contributed by atoms with E-state index in [-0.39, 0.29) is 6.10 Å². The van der Waals surface area contributed by atoms with Crippen molar-refractivity contribution >= 4 is 11.3 Å². The van der Waals surface area contributed by atoms with Crippen molar-refractivity contribution in [3.63, 3.8) is 0 Å². The van der Waals surface area contributed by atoms with Gasteiger partial charge in [-0.3, -0.25) is 0 Å². The third kappa shape index (κ3) is 2.17. The number of hydrogen-bond donors (Lipinski definition) is 1. The average molecular weight is 195 g/mol. The minimum Gasteiger partial charge on any atom is -0.389 e. The zero-order chi connectivity index (χ0) is 9.26. The second-order valence-corrected chi connectivity index (χ2v) is 4.53. The maximum atomic E-state index is 9.29. The molecule has 1 aromatic rings. The molecule has 0 bridgehead atoms. The highest BCUT2D eigenvalue weighted by molar-refractivity contribution is 7.09. The summed E-state index contributed by atoms with van der Waals surface area (Å²) >= 11 is 1.69. The Labute approximate surface area is 81.9 Å². The van der Waals surface area contributed by atoms with Crippen molar-refractivity contribution in [3.05, 3.63) is 27.7 Å². The van der Waals surface area contributed by atoms with Crippen LogP contribution in [0.2, 0.25) is 0 Å². The number of thiazole rings is 1. The lowest BCUT2D eigenvalue weighted by molar-refractivity contribution is 0.223. The Morgan fingerprint density at radius 2 is 2.54 bits per heavy atom. The fraction of sp³-hybridized carbons (Fsp3) is 0.500. The van der Waals surface area contributed by atoms with E-state index in [0.717, 1.165) is 30.0 Å². The first-order valence-electron chi connectivity index (χ1n) is 4.52. The number of aromatic nitrogens is 1. The Kier molecular flexibility index (Phi) is 2.47. The maximum absolute atomic E-state index is 9.29. The van der Waals surface area contributed by atoms with Gasteiger partial charge in [0.25, 0.3) is 0 Å². The lowest BCUT2D eigenvalue weighted by Gasteiger charge is -1.95. The van der Waals surface area contributed by atoms with Gasteiger partial charge >= 0.3 is 0 Å². The van der Waals surface area contributed by atoms with Gasteiger partial charge in [-0.2, -0.15) is 0 Å². The average Bonchev–Trinajstić information content (AvgIpc) is 2.62. The van der Waals surface area contributed by atoms with E-state index in [9.17, 15) is 5.11 Å². The van der Waals surface area contributed by atoms with Crippen molar-refractivity contribution in [1.82, 2.24) is 4.98 Å². The van der Waals surface area contributed by atoms with Gasteiger partial charge in [0.05, 0.1) is 16.8 Å². The second kappa shape index (κ2) is 3.60. The minimum absolute atomic E-state index is 0.213. The Morgan fingerprint density at radius 1 is 1.69 bits per heavy atom. The fourth-order valence-electron chi connectivity index (χ4n) is 1.64. The van der Waals surface area contributed by atoms with Gasteiger partial charge in [0, 0.05) is 11.8 Å². The van der Waals surface area contributed by atoms with Gasteiger partial charge in [0.1, 0.15) is 0 Å². The van der Waals surface area contributed by atoms with Crippen LogP contribution >= 0.6 is 11.3 Å². The predicted octanol–water partition coefficient (Wildman–Crippen LogP) is 2.08. The monoisotopic (exact) mass is 195 g/mol. The van der Waals surface area contributed by atoms with Crippen LogP contribution in [0.3, 0.4) is 0 Å². The number of aliphatic hydroxyl groups is 1. The first kappa shape index (κ1) is 8.91. The van der Waals surface area contributed by atoms with E-state index < -0.39 is 0 Å². The molecule has 1 unspecified atom stereocenters. The quantitative estimate of drug-likeness (QED) is 0.733. The lowest BCUT2D eigenvalue weighted by atomic mass is 10.1. The highest BCUT2D eigenvalue weighted by Gasteiger charge is 2.13. The summed E-state index contributed by atoms with van der Waals surface area (Å²) in [6.45, 7) is 2.02.